The minimum absolute atomic E-state index is 1.16. The Hall–Kier alpha value is -5.18. The molecule has 0 radical (unpaired) electrons. The minimum atomic E-state index is -2.84. The summed E-state index contributed by atoms with van der Waals surface area (Å²) in [5.74, 6) is 0. The molecule has 200 valence electrons. The third-order valence-corrected chi connectivity index (χ3v) is 12.9. The highest BCUT2D eigenvalue weighted by Gasteiger charge is 2.45. The van der Waals surface area contributed by atoms with E-state index in [1.807, 2.05) is 0 Å². The van der Waals surface area contributed by atoms with Crippen molar-refractivity contribution >= 4 is 29.0 Å². The minimum Gasteiger partial charge on any atom is -0.316 e. The monoisotopic (exact) mass is 553 g/mol. The highest BCUT2D eigenvalue weighted by Crippen LogP contribution is 2.35. The van der Waals surface area contributed by atoms with Gasteiger partial charge in [-0.3, -0.25) is 0 Å². The molecular formula is C40H31NSi. The predicted octanol–water partition coefficient (Wildman–Crippen LogP) is 7.19. The van der Waals surface area contributed by atoms with Crippen LogP contribution in [0.15, 0.2) is 188 Å². The van der Waals surface area contributed by atoms with Gasteiger partial charge in [-0.05, 0) is 44.9 Å². The van der Waals surface area contributed by atoms with Crippen molar-refractivity contribution in [3.05, 3.63) is 188 Å². The van der Waals surface area contributed by atoms with Crippen molar-refractivity contribution in [1.29, 1.82) is 0 Å². The Balaban J connectivity index is 1.72. The first-order valence-corrected chi connectivity index (χ1v) is 16.5. The molecule has 0 unspecified atom stereocenters. The molecule has 0 saturated heterocycles. The summed E-state index contributed by atoms with van der Waals surface area (Å²) in [6.07, 6.45) is 0. The Bertz CT molecular complexity index is 1780. The molecule has 0 saturated carbocycles. The van der Waals surface area contributed by atoms with Gasteiger partial charge in [0.2, 0.25) is 0 Å². The van der Waals surface area contributed by atoms with Gasteiger partial charge in [-0.25, -0.2) is 0 Å². The van der Waals surface area contributed by atoms with Crippen LogP contribution in [0.2, 0.25) is 0 Å². The van der Waals surface area contributed by atoms with E-state index in [0.29, 0.717) is 0 Å². The van der Waals surface area contributed by atoms with E-state index in [9.17, 15) is 0 Å². The third kappa shape index (κ3) is 4.43. The van der Waals surface area contributed by atoms with Crippen molar-refractivity contribution in [2.24, 2.45) is 0 Å². The number of rotatable bonds is 7. The second-order valence-electron chi connectivity index (χ2n) is 10.5. The largest absolute Gasteiger partial charge is 0.316 e. The molecule has 2 heteroatoms. The van der Waals surface area contributed by atoms with Gasteiger partial charge in [0.05, 0.1) is 5.69 Å². The Labute approximate surface area is 249 Å². The van der Waals surface area contributed by atoms with Crippen LogP contribution < -0.4 is 20.9 Å². The fourth-order valence-electron chi connectivity index (χ4n) is 6.36. The van der Waals surface area contributed by atoms with E-state index >= 15 is 0 Å². The molecule has 0 spiro atoms. The van der Waals surface area contributed by atoms with E-state index in [1.165, 1.54) is 43.3 Å². The van der Waals surface area contributed by atoms with Gasteiger partial charge in [0, 0.05) is 16.6 Å². The van der Waals surface area contributed by atoms with E-state index < -0.39 is 8.07 Å². The second kappa shape index (κ2) is 11.4. The molecule has 42 heavy (non-hydrogen) atoms. The molecule has 6 aromatic carbocycles. The van der Waals surface area contributed by atoms with Gasteiger partial charge in [0.25, 0.3) is 0 Å². The maximum atomic E-state index is 2.55. The Morgan fingerprint density at radius 2 is 0.714 bits per heavy atom. The van der Waals surface area contributed by atoms with E-state index in [0.717, 1.165) is 5.69 Å². The Kier molecular flexibility index (Phi) is 6.97. The molecule has 1 aromatic heterocycles. The number of nitrogens with zero attached hydrogens (tertiary/aromatic N) is 1. The molecule has 7 rings (SSSR count). The molecule has 0 N–H and O–H groups in total. The second-order valence-corrected chi connectivity index (χ2v) is 14.3. The van der Waals surface area contributed by atoms with Gasteiger partial charge in [-0.15, -0.1) is 0 Å². The molecule has 0 aliphatic heterocycles. The maximum Gasteiger partial charge on any atom is 0.199 e. The topological polar surface area (TPSA) is 4.93 Å². The molecule has 0 aliphatic rings. The zero-order chi connectivity index (χ0) is 28.2. The lowest BCUT2D eigenvalue weighted by molar-refractivity contribution is 1.12. The molecule has 7 aromatic rings. The summed E-state index contributed by atoms with van der Waals surface area (Å²) < 4.78 is 2.55. The van der Waals surface area contributed by atoms with Crippen LogP contribution in [0, 0.1) is 0 Å². The number of hydrogen-bond donors (Lipinski definition) is 0. The molecule has 0 bridgehead atoms. The zero-order valence-electron chi connectivity index (χ0n) is 23.3. The van der Waals surface area contributed by atoms with Crippen LogP contribution in [-0.2, 0) is 0 Å². The van der Waals surface area contributed by atoms with E-state index in [-0.39, 0.29) is 0 Å². The average Bonchev–Trinajstić information content (AvgIpc) is 3.49. The Morgan fingerprint density at radius 3 is 1.14 bits per heavy atom. The van der Waals surface area contributed by atoms with Crippen LogP contribution in [0.5, 0.6) is 0 Å². The van der Waals surface area contributed by atoms with Gasteiger partial charge in [0.15, 0.2) is 8.07 Å². The normalized spacial score (nSPS) is 11.3. The van der Waals surface area contributed by atoms with Crippen molar-refractivity contribution in [3.63, 3.8) is 0 Å². The molecule has 1 heterocycles. The quantitative estimate of drug-likeness (QED) is 0.145. The van der Waals surface area contributed by atoms with Crippen LogP contribution in [0.1, 0.15) is 0 Å². The van der Waals surface area contributed by atoms with Crippen LogP contribution in [0.25, 0.3) is 28.1 Å². The van der Waals surface area contributed by atoms with Crippen molar-refractivity contribution in [1.82, 2.24) is 4.57 Å². The van der Waals surface area contributed by atoms with Crippen molar-refractivity contribution in [2.45, 2.75) is 0 Å². The highest BCUT2D eigenvalue weighted by atomic mass is 28.3. The lowest BCUT2D eigenvalue weighted by Crippen LogP contribution is -2.76. The number of hydrogen-bond acceptors (Lipinski definition) is 0. The smallest absolute Gasteiger partial charge is 0.199 e. The average molecular weight is 554 g/mol. The third-order valence-electron chi connectivity index (χ3n) is 8.15. The van der Waals surface area contributed by atoms with Gasteiger partial charge in [-0.1, -0.05) is 170 Å². The maximum absolute atomic E-state index is 2.84. The van der Waals surface area contributed by atoms with Crippen molar-refractivity contribution < 1.29 is 0 Å². The van der Waals surface area contributed by atoms with Gasteiger partial charge in [-0.2, -0.15) is 0 Å². The summed E-state index contributed by atoms with van der Waals surface area (Å²) in [5, 5.41) is 5.40. The van der Waals surface area contributed by atoms with Crippen molar-refractivity contribution in [3.8, 4) is 28.1 Å². The van der Waals surface area contributed by atoms with E-state index in [4.69, 9.17) is 0 Å². The summed E-state index contributed by atoms with van der Waals surface area (Å²) in [4.78, 5) is 0. The number of para-hydroxylation sites is 1. The molecule has 0 amide bonds. The molecule has 0 fully saturated rings. The fraction of sp³-hybridized carbons (Fsp3) is 0. The number of benzene rings is 6. The summed E-state index contributed by atoms with van der Waals surface area (Å²) in [5.41, 5.74) is 6.02. The summed E-state index contributed by atoms with van der Waals surface area (Å²) in [6, 6.07) is 68.6. The first kappa shape index (κ1) is 25.8. The molecule has 0 atom stereocenters. The standard InChI is InChI=1S/C40H31NSi/c1-7-19-32(20-8-1)38-31-39(41(34-23-11-3-12-24-34)40(38)33-21-9-2-10-22-33)42(35-25-13-4-14-26-35,36-27-15-5-16-28-36)37-29-17-6-18-30-37/h1-31H. The highest BCUT2D eigenvalue weighted by molar-refractivity contribution is 7.19. The molecular weight excluding hydrogens is 523 g/mol. The Morgan fingerprint density at radius 1 is 0.357 bits per heavy atom. The van der Waals surface area contributed by atoms with Crippen LogP contribution in [-0.4, -0.2) is 12.6 Å². The fourth-order valence-corrected chi connectivity index (χ4v) is 11.3. The lowest BCUT2D eigenvalue weighted by atomic mass is 10.0. The molecule has 0 aliphatic carbocycles. The van der Waals surface area contributed by atoms with Crippen LogP contribution in [0.3, 0.4) is 0 Å². The SMILES string of the molecule is c1ccc(-c2cc([Si](c3ccccc3)(c3ccccc3)c3ccccc3)n(-c3ccccc3)c2-c2ccccc2)cc1. The van der Waals surface area contributed by atoms with Crippen LogP contribution >= 0.6 is 0 Å². The summed E-state index contributed by atoms with van der Waals surface area (Å²) in [6.45, 7) is 0. The van der Waals surface area contributed by atoms with E-state index in [2.05, 4.69) is 193 Å². The van der Waals surface area contributed by atoms with Crippen LogP contribution in [0.4, 0.5) is 0 Å². The van der Waals surface area contributed by atoms with Gasteiger partial charge in [0.1, 0.15) is 0 Å². The zero-order valence-corrected chi connectivity index (χ0v) is 24.3. The van der Waals surface area contributed by atoms with Gasteiger partial charge >= 0.3 is 0 Å². The molecule has 1 nitrogen and oxygen atoms in total. The van der Waals surface area contributed by atoms with Gasteiger partial charge < -0.3 is 4.57 Å². The summed E-state index contributed by atoms with van der Waals surface area (Å²) >= 11 is 0. The van der Waals surface area contributed by atoms with Crippen molar-refractivity contribution in [2.75, 3.05) is 0 Å². The summed E-state index contributed by atoms with van der Waals surface area (Å²) in [7, 11) is -2.84. The first-order chi connectivity index (χ1) is 20.9. The lowest BCUT2D eigenvalue weighted by Gasteiger charge is -2.35. The predicted molar refractivity (Wildman–Crippen MR) is 180 cm³/mol. The van der Waals surface area contributed by atoms with E-state index in [1.54, 1.807) is 0 Å². The number of aromatic nitrogens is 1. The first-order valence-electron chi connectivity index (χ1n) is 14.5.